The van der Waals surface area contributed by atoms with Crippen molar-refractivity contribution in [3.63, 3.8) is 0 Å². The number of carbonyl (C=O) groups is 1. The molecule has 0 bridgehead atoms. The van der Waals surface area contributed by atoms with Crippen LogP contribution in [0.3, 0.4) is 0 Å². The molecule has 0 N–H and O–H groups in total. The van der Waals surface area contributed by atoms with Gasteiger partial charge in [-0.2, -0.15) is 18.3 Å². The number of hydrogen-bond donors (Lipinski definition) is 0. The van der Waals surface area contributed by atoms with Gasteiger partial charge in [-0.05, 0) is 19.1 Å². The van der Waals surface area contributed by atoms with E-state index < -0.39 is 29.2 Å². The van der Waals surface area contributed by atoms with Crippen LogP contribution in [0.25, 0.3) is 22.6 Å². The van der Waals surface area contributed by atoms with Gasteiger partial charge in [0, 0.05) is 19.3 Å². The van der Waals surface area contributed by atoms with Crippen molar-refractivity contribution < 1.29 is 18.0 Å². The number of fused-ring (bicyclic) bond motifs is 1. The van der Waals surface area contributed by atoms with Gasteiger partial charge in [0.05, 0.1) is 11.8 Å². The van der Waals surface area contributed by atoms with Gasteiger partial charge in [0.25, 0.3) is 10.8 Å². The molecule has 0 aliphatic rings. The normalized spacial score (nSPS) is 12.1. The Morgan fingerprint density at radius 2 is 1.87 bits per heavy atom. The molecule has 0 unspecified atom stereocenters. The van der Waals surface area contributed by atoms with Crippen LogP contribution in [0.2, 0.25) is 0 Å². The van der Waals surface area contributed by atoms with E-state index in [-0.39, 0.29) is 35.6 Å². The van der Waals surface area contributed by atoms with Gasteiger partial charge in [-0.25, -0.2) is 14.3 Å². The Balaban J connectivity index is 2.35. The molecule has 168 valence electrons. The third kappa shape index (κ3) is 4.31. The molecule has 3 heterocycles. The molecule has 0 aliphatic carbocycles. The van der Waals surface area contributed by atoms with Crippen molar-refractivity contribution in [3.8, 4) is 11.4 Å². The molecular formula is C18H21F3N6O3S. The molecule has 3 aromatic rings. The summed E-state index contributed by atoms with van der Waals surface area (Å²) in [5, 5.41) is 3.17. The van der Waals surface area contributed by atoms with Gasteiger partial charge in [-0.1, -0.05) is 25.6 Å². The molecule has 0 fully saturated rings. The van der Waals surface area contributed by atoms with E-state index in [2.05, 4.69) is 10.1 Å². The van der Waals surface area contributed by atoms with E-state index >= 15 is 0 Å². The maximum atomic E-state index is 13.1. The van der Waals surface area contributed by atoms with Gasteiger partial charge in [0.1, 0.15) is 6.54 Å². The fourth-order valence-corrected chi connectivity index (χ4v) is 3.81. The number of imidazole rings is 1. The maximum Gasteiger partial charge on any atom is 0.408 e. The fraction of sp³-hybridized carbons (Fsp3) is 0.500. The zero-order valence-electron chi connectivity index (χ0n) is 17.1. The van der Waals surface area contributed by atoms with Crippen molar-refractivity contribution >= 4 is 28.2 Å². The summed E-state index contributed by atoms with van der Waals surface area (Å²) >= 11 is 0.916. The molecule has 3 rings (SSSR count). The Bertz CT molecular complexity index is 1240. The van der Waals surface area contributed by atoms with E-state index in [1.807, 2.05) is 6.92 Å². The molecule has 13 heteroatoms. The van der Waals surface area contributed by atoms with Crippen molar-refractivity contribution in [2.75, 3.05) is 5.75 Å². The third-order valence-electron chi connectivity index (χ3n) is 4.47. The van der Waals surface area contributed by atoms with Gasteiger partial charge < -0.3 is 0 Å². The zero-order chi connectivity index (χ0) is 22.9. The van der Waals surface area contributed by atoms with Crippen molar-refractivity contribution in [2.24, 2.45) is 0 Å². The lowest BCUT2D eigenvalue weighted by Gasteiger charge is -2.10. The first-order chi connectivity index (χ1) is 14.6. The first-order valence-electron chi connectivity index (χ1n) is 9.65. The SMILES string of the molecule is CCCn1c(=O)c2c(nc(-c3cnn(CC(F)(F)F)c3)n2C(=O)SCC)n(CC)c1=O. The summed E-state index contributed by atoms with van der Waals surface area (Å²) in [6, 6.07) is 0. The molecule has 0 amide bonds. The van der Waals surface area contributed by atoms with E-state index in [1.165, 1.54) is 4.57 Å². The number of nitrogens with zero attached hydrogens (tertiary/aromatic N) is 6. The minimum Gasteiger partial charge on any atom is -0.276 e. The second kappa shape index (κ2) is 8.73. The largest absolute Gasteiger partial charge is 0.408 e. The second-order valence-electron chi connectivity index (χ2n) is 6.67. The number of alkyl halides is 3. The van der Waals surface area contributed by atoms with Crippen LogP contribution in [0, 0.1) is 0 Å². The highest BCUT2D eigenvalue weighted by Gasteiger charge is 2.30. The number of aromatic nitrogens is 6. The highest BCUT2D eigenvalue weighted by molar-refractivity contribution is 8.13. The van der Waals surface area contributed by atoms with Crippen molar-refractivity contribution in [2.45, 2.75) is 53.0 Å². The van der Waals surface area contributed by atoms with Crippen LogP contribution in [0.1, 0.15) is 27.2 Å². The average Bonchev–Trinajstić information content (AvgIpc) is 3.29. The molecule has 0 saturated carbocycles. The minimum absolute atomic E-state index is 0.00785. The molecule has 3 aromatic heterocycles. The Morgan fingerprint density at radius 1 is 1.16 bits per heavy atom. The van der Waals surface area contributed by atoms with E-state index in [4.69, 9.17) is 0 Å². The van der Waals surface area contributed by atoms with Gasteiger partial charge in [-0.15, -0.1) is 0 Å². The van der Waals surface area contributed by atoms with E-state index in [1.54, 1.807) is 13.8 Å². The van der Waals surface area contributed by atoms with Crippen LogP contribution in [-0.4, -0.2) is 45.6 Å². The fourth-order valence-electron chi connectivity index (χ4n) is 3.25. The van der Waals surface area contributed by atoms with Crippen molar-refractivity contribution in [1.82, 2.24) is 28.5 Å². The molecule has 31 heavy (non-hydrogen) atoms. The number of carbonyl (C=O) groups excluding carboxylic acids is 1. The summed E-state index contributed by atoms with van der Waals surface area (Å²) in [6.07, 6.45) is -1.71. The van der Waals surface area contributed by atoms with Crippen LogP contribution in [0.15, 0.2) is 22.0 Å². The zero-order valence-corrected chi connectivity index (χ0v) is 18.0. The number of halogens is 3. The van der Waals surface area contributed by atoms with Crippen LogP contribution in [0.5, 0.6) is 0 Å². The Morgan fingerprint density at radius 3 is 2.45 bits per heavy atom. The highest BCUT2D eigenvalue weighted by Crippen LogP contribution is 2.26. The number of rotatable bonds is 6. The summed E-state index contributed by atoms with van der Waals surface area (Å²) < 4.78 is 42.2. The third-order valence-corrected chi connectivity index (χ3v) is 5.19. The highest BCUT2D eigenvalue weighted by atomic mass is 32.2. The summed E-state index contributed by atoms with van der Waals surface area (Å²) in [7, 11) is 0. The molecule has 0 aliphatic heterocycles. The lowest BCUT2D eigenvalue weighted by molar-refractivity contribution is -0.142. The molecule has 0 saturated heterocycles. The molecule has 0 aromatic carbocycles. The monoisotopic (exact) mass is 458 g/mol. The van der Waals surface area contributed by atoms with Gasteiger partial charge in [-0.3, -0.25) is 23.4 Å². The predicted molar refractivity (Wildman–Crippen MR) is 110 cm³/mol. The topological polar surface area (TPSA) is 96.7 Å². The second-order valence-corrected chi connectivity index (χ2v) is 7.88. The van der Waals surface area contributed by atoms with E-state index in [0.717, 1.165) is 33.3 Å². The summed E-state index contributed by atoms with van der Waals surface area (Å²) in [5.74, 6) is 0.365. The lowest BCUT2D eigenvalue weighted by atomic mass is 10.3. The first kappa shape index (κ1) is 22.8. The average molecular weight is 458 g/mol. The van der Waals surface area contributed by atoms with E-state index in [9.17, 15) is 27.6 Å². The van der Waals surface area contributed by atoms with Crippen molar-refractivity contribution in [1.29, 1.82) is 0 Å². The first-order valence-corrected chi connectivity index (χ1v) is 10.6. The summed E-state index contributed by atoms with van der Waals surface area (Å²) in [5.41, 5.74) is -1.17. The molecule has 0 radical (unpaired) electrons. The summed E-state index contributed by atoms with van der Waals surface area (Å²) in [4.78, 5) is 43.1. The Kier molecular flexibility index (Phi) is 6.43. The van der Waals surface area contributed by atoms with Gasteiger partial charge in [0.15, 0.2) is 17.0 Å². The Hall–Kier alpha value is -2.83. The van der Waals surface area contributed by atoms with Gasteiger partial charge >= 0.3 is 11.9 Å². The quantitative estimate of drug-likeness (QED) is 0.564. The lowest BCUT2D eigenvalue weighted by Crippen LogP contribution is -2.40. The van der Waals surface area contributed by atoms with E-state index in [0.29, 0.717) is 16.9 Å². The number of hydrogen-bond acceptors (Lipinski definition) is 6. The maximum absolute atomic E-state index is 13.1. The van der Waals surface area contributed by atoms with Gasteiger partial charge in [0.2, 0.25) is 0 Å². The summed E-state index contributed by atoms with van der Waals surface area (Å²) in [6.45, 7) is 4.30. The van der Waals surface area contributed by atoms with Crippen LogP contribution < -0.4 is 11.2 Å². The molecule has 0 spiro atoms. The molecule has 9 nitrogen and oxygen atoms in total. The smallest absolute Gasteiger partial charge is 0.276 e. The predicted octanol–water partition coefficient (Wildman–Crippen LogP) is 2.94. The van der Waals surface area contributed by atoms with Crippen LogP contribution in [0.4, 0.5) is 18.0 Å². The Labute approximate surface area is 178 Å². The molecule has 0 atom stereocenters. The number of aryl methyl sites for hydroxylation is 1. The molecular weight excluding hydrogens is 437 g/mol. The van der Waals surface area contributed by atoms with Crippen LogP contribution in [-0.2, 0) is 19.6 Å². The standard InChI is InChI=1S/C18H21F3N6O3S/c1-4-7-26-15(28)12-14(25(5-2)16(26)29)23-13(27(12)17(30)31-6-3)11-8-22-24(9-11)10-18(19,20)21/h8-9H,4-7,10H2,1-3H3. The minimum atomic E-state index is -4.48. The van der Waals surface area contributed by atoms with Crippen molar-refractivity contribution in [3.05, 3.63) is 33.2 Å². The van der Waals surface area contributed by atoms with Crippen LogP contribution >= 0.6 is 11.8 Å². The number of thioether (sulfide) groups is 1.